The highest BCUT2D eigenvalue weighted by molar-refractivity contribution is 5.73. The molecule has 0 aliphatic rings. The van der Waals surface area contributed by atoms with Crippen LogP contribution in [0.25, 0.3) is 0 Å². The van der Waals surface area contributed by atoms with Gasteiger partial charge in [-0.25, -0.2) is 15.1 Å². The van der Waals surface area contributed by atoms with Gasteiger partial charge in [-0.15, -0.1) is 0 Å². The average Bonchev–Trinajstić information content (AvgIpc) is 2.57. The zero-order chi connectivity index (χ0) is 12.8. The Bertz CT molecular complexity index is 415. The lowest BCUT2D eigenvalue weighted by Crippen LogP contribution is -2.36. The molecule has 0 aromatic carbocycles. The molecule has 0 radical (unpaired) electrons. The summed E-state index contributed by atoms with van der Waals surface area (Å²) in [7, 11) is 1.80. The first-order valence-corrected chi connectivity index (χ1v) is 4.85. The second-order valence-corrected chi connectivity index (χ2v) is 3.35. The number of aromatic nitrogens is 2. The van der Waals surface area contributed by atoms with E-state index in [2.05, 4.69) is 15.3 Å². The summed E-state index contributed by atoms with van der Waals surface area (Å²) in [5.74, 6) is -1.16. The summed E-state index contributed by atoms with van der Waals surface area (Å²) in [5.41, 5.74) is 3.77. The zero-order valence-corrected chi connectivity index (χ0v) is 9.56. The number of rotatable bonds is 5. The van der Waals surface area contributed by atoms with Crippen molar-refractivity contribution >= 4 is 12.0 Å². The summed E-state index contributed by atoms with van der Waals surface area (Å²) in [6.07, 6.45) is 1.65. The molecule has 2 amide bonds. The summed E-state index contributed by atoms with van der Waals surface area (Å²) >= 11 is 0. The van der Waals surface area contributed by atoms with Gasteiger partial charge >= 0.3 is 12.0 Å². The summed E-state index contributed by atoms with van der Waals surface area (Å²) in [4.78, 5) is 25.6. The van der Waals surface area contributed by atoms with Crippen molar-refractivity contribution in [3.8, 4) is 0 Å². The number of nitrogens with zero attached hydrogens (tertiary/aromatic N) is 2. The number of hydrogen-bond donors (Lipinski definition) is 3. The molecule has 0 aliphatic heterocycles. The molecule has 1 heterocycles. The topological polar surface area (TPSA) is 105 Å². The van der Waals surface area contributed by atoms with Crippen LogP contribution in [0.3, 0.4) is 0 Å². The van der Waals surface area contributed by atoms with Gasteiger partial charge in [0, 0.05) is 24.8 Å². The van der Waals surface area contributed by atoms with E-state index in [1.165, 1.54) is 0 Å². The zero-order valence-electron chi connectivity index (χ0n) is 9.56. The van der Waals surface area contributed by atoms with Gasteiger partial charge in [-0.05, 0) is 6.92 Å². The Morgan fingerprint density at radius 3 is 2.82 bits per heavy atom. The second-order valence-electron chi connectivity index (χ2n) is 3.35. The summed E-state index contributed by atoms with van der Waals surface area (Å²) < 4.78 is 1.69. The smallest absolute Gasteiger partial charge is 0.338 e. The number of aliphatic carboxylic acids is 1. The Hall–Kier alpha value is -2.09. The van der Waals surface area contributed by atoms with Gasteiger partial charge in [0.2, 0.25) is 0 Å². The lowest BCUT2D eigenvalue weighted by atomic mass is 10.2. The van der Waals surface area contributed by atoms with Crippen LogP contribution in [-0.2, 0) is 23.2 Å². The molecule has 0 saturated carbocycles. The van der Waals surface area contributed by atoms with Crippen LogP contribution < -0.4 is 10.8 Å². The molecule has 0 unspecified atom stereocenters. The van der Waals surface area contributed by atoms with Gasteiger partial charge in [-0.2, -0.15) is 5.10 Å². The van der Waals surface area contributed by atoms with E-state index in [1.807, 2.05) is 12.4 Å². The van der Waals surface area contributed by atoms with Gasteiger partial charge in [0.15, 0.2) is 6.61 Å². The molecule has 1 rings (SSSR count). The number of amides is 2. The molecule has 1 aromatic rings. The first-order chi connectivity index (χ1) is 8.00. The third-order valence-electron chi connectivity index (χ3n) is 2.14. The largest absolute Gasteiger partial charge is 0.479 e. The van der Waals surface area contributed by atoms with Crippen molar-refractivity contribution in [3.63, 3.8) is 0 Å². The Balaban J connectivity index is 2.28. The molecule has 3 N–H and O–H groups in total. The van der Waals surface area contributed by atoms with E-state index in [-0.39, 0.29) is 0 Å². The number of carboxylic acids is 1. The number of hydroxylamine groups is 1. The van der Waals surface area contributed by atoms with Crippen LogP contribution >= 0.6 is 0 Å². The third-order valence-corrected chi connectivity index (χ3v) is 2.14. The van der Waals surface area contributed by atoms with Crippen molar-refractivity contribution in [1.29, 1.82) is 0 Å². The summed E-state index contributed by atoms with van der Waals surface area (Å²) in [6, 6.07) is -0.602. The molecular formula is C9H14N4O4. The van der Waals surface area contributed by atoms with Gasteiger partial charge in [-0.3, -0.25) is 9.52 Å². The lowest BCUT2D eigenvalue weighted by Gasteiger charge is -2.06. The van der Waals surface area contributed by atoms with Crippen molar-refractivity contribution in [2.24, 2.45) is 7.05 Å². The van der Waals surface area contributed by atoms with E-state index in [4.69, 9.17) is 5.11 Å². The van der Waals surface area contributed by atoms with Crippen molar-refractivity contribution in [3.05, 3.63) is 17.5 Å². The molecule has 0 spiro atoms. The monoisotopic (exact) mass is 242 g/mol. The quantitative estimate of drug-likeness (QED) is 0.606. The molecule has 1 aromatic heterocycles. The number of urea groups is 1. The minimum Gasteiger partial charge on any atom is -0.479 e. The number of carbonyl (C=O) groups excluding carboxylic acids is 1. The molecule has 8 heteroatoms. The predicted molar refractivity (Wildman–Crippen MR) is 56.9 cm³/mol. The first-order valence-electron chi connectivity index (χ1n) is 4.85. The average molecular weight is 242 g/mol. The highest BCUT2D eigenvalue weighted by atomic mass is 16.7. The number of carbonyl (C=O) groups is 2. The number of aryl methyl sites for hydroxylation is 1. The van der Waals surface area contributed by atoms with Gasteiger partial charge < -0.3 is 10.4 Å². The van der Waals surface area contributed by atoms with E-state index in [0.717, 1.165) is 11.3 Å². The fourth-order valence-corrected chi connectivity index (χ4v) is 1.09. The standard InChI is InChI=1S/C9H14N4O4/c1-6-7(4-11-13(6)2)3-10-9(16)12-17-5-8(14)15/h4H,3,5H2,1-2H3,(H,14,15)(H2,10,12,16). The lowest BCUT2D eigenvalue weighted by molar-refractivity contribution is -0.144. The minimum absolute atomic E-state index is 0.294. The van der Waals surface area contributed by atoms with Crippen molar-refractivity contribution < 1.29 is 19.5 Å². The van der Waals surface area contributed by atoms with Crippen molar-refractivity contribution in [2.75, 3.05) is 6.61 Å². The maximum Gasteiger partial charge on any atom is 0.338 e. The Labute approximate surface area is 97.5 Å². The molecule has 17 heavy (non-hydrogen) atoms. The Morgan fingerprint density at radius 1 is 1.59 bits per heavy atom. The first kappa shape index (κ1) is 13.0. The number of carboxylic acid groups (broad SMARTS) is 1. The summed E-state index contributed by atoms with van der Waals surface area (Å²) in [5, 5.41) is 14.8. The van der Waals surface area contributed by atoms with E-state index in [1.54, 1.807) is 17.9 Å². The van der Waals surface area contributed by atoms with Crippen LogP contribution in [-0.4, -0.2) is 33.5 Å². The molecule has 8 nitrogen and oxygen atoms in total. The van der Waals surface area contributed by atoms with Gasteiger partial charge in [-0.1, -0.05) is 0 Å². The Morgan fingerprint density at radius 2 is 2.29 bits per heavy atom. The van der Waals surface area contributed by atoms with Crippen LogP contribution in [0.5, 0.6) is 0 Å². The van der Waals surface area contributed by atoms with Crippen LogP contribution in [0.1, 0.15) is 11.3 Å². The highest BCUT2D eigenvalue weighted by Crippen LogP contribution is 2.04. The van der Waals surface area contributed by atoms with Crippen molar-refractivity contribution in [1.82, 2.24) is 20.6 Å². The van der Waals surface area contributed by atoms with E-state index < -0.39 is 18.6 Å². The van der Waals surface area contributed by atoms with Gasteiger partial charge in [0.25, 0.3) is 0 Å². The maximum absolute atomic E-state index is 11.1. The highest BCUT2D eigenvalue weighted by Gasteiger charge is 2.06. The van der Waals surface area contributed by atoms with E-state index in [0.29, 0.717) is 6.54 Å². The van der Waals surface area contributed by atoms with Gasteiger partial charge in [0.05, 0.1) is 6.20 Å². The fraction of sp³-hybridized carbons (Fsp3) is 0.444. The fourth-order valence-electron chi connectivity index (χ4n) is 1.09. The van der Waals surface area contributed by atoms with E-state index in [9.17, 15) is 9.59 Å². The third kappa shape index (κ3) is 4.11. The molecule has 94 valence electrons. The molecule has 0 aliphatic carbocycles. The SMILES string of the molecule is Cc1c(CNC(=O)NOCC(=O)O)cnn1C. The van der Waals surface area contributed by atoms with Crippen molar-refractivity contribution in [2.45, 2.75) is 13.5 Å². The molecule has 0 saturated heterocycles. The number of hydrogen-bond acceptors (Lipinski definition) is 4. The molecular weight excluding hydrogens is 228 g/mol. The van der Waals surface area contributed by atoms with Gasteiger partial charge in [0.1, 0.15) is 0 Å². The minimum atomic E-state index is -1.16. The predicted octanol–water partition coefficient (Wildman–Crippen LogP) is -0.456. The number of nitrogens with one attached hydrogen (secondary N) is 2. The molecule has 0 atom stereocenters. The molecule has 0 bridgehead atoms. The normalized spacial score (nSPS) is 10.0. The Kier molecular flexibility index (Phi) is 4.46. The summed E-state index contributed by atoms with van der Waals surface area (Å²) in [6.45, 7) is 1.59. The van der Waals surface area contributed by atoms with Crippen LogP contribution in [0.15, 0.2) is 6.20 Å². The van der Waals surface area contributed by atoms with Crippen LogP contribution in [0, 0.1) is 6.92 Å². The maximum atomic E-state index is 11.1. The molecule has 0 fully saturated rings. The van der Waals surface area contributed by atoms with E-state index >= 15 is 0 Å². The van der Waals surface area contributed by atoms with Crippen LogP contribution in [0.4, 0.5) is 4.79 Å². The second kappa shape index (κ2) is 5.85. The van der Waals surface area contributed by atoms with Crippen LogP contribution in [0.2, 0.25) is 0 Å².